The van der Waals surface area contributed by atoms with Crippen LogP contribution in [0.25, 0.3) is 0 Å². The van der Waals surface area contributed by atoms with Crippen molar-refractivity contribution in [1.29, 1.82) is 0 Å². The van der Waals surface area contributed by atoms with Gasteiger partial charge in [-0.1, -0.05) is 24.3 Å². The summed E-state index contributed by atoms with van der Waals surface area (Å²) in [6.07, 6.45) is 0.993. The SMILES string of the molecule is C[SiH](O)CCc1ccc(CCl)cc1. The second-order valence-electron chi connectivity index (χ2n) is 3.34. The maximum absolute atomic E-state index is 9.23. The van der Waals surface area contributed by atoms with E-state index in [0.29, 0.717) is 5.88 Å². The number of halogens is 1. The van der Waals surface area contributed by atoms with E-state index < -0.39 is 9.04 Å². The molecule has 1 N–H and O–H groups in total. The smallest absolute Gasteiger partial charge is 0.169 e. The molecule has 0 radical (unpaired) electrons. The molecular formula is C10H15ClOSi. The highest BCUT2D eigenvalue weighted by atomic mass is 35.5. The molecule has 0 saturated heterocycles. The molecule has 0 aliphatic heterocycles. The second kappa shape index (κ2) is 5.42. The summed E-state index contributed by atoms with van der Waals surface area (Å²) in [7, 11) is -1.39. The van der Waals surface area contributed by atoms with Crippen LogP contribution in [-0.2, 0) is 12.3 Å². The Morgan fingerprint density at radius 2 is 1.77 bits per heavy atom. The van der Waals surface area contributed by atoms with Crippen LogP contribution in [0.5, 0.6) is 0 Å². The van der Waals surface area contributed by atoms with Crippen molar-refractivity contribution in [2.24, 2.45) is 0 Å². The summed E-state index contributed by atoms with van der Waals surface area (Å²) < 4.78 is 0. The molecule has 0 heterocycles. The molecule has 1 atom stereocenters. The molecule has 1 aromatic rings. The van der Waals surface area contributed by atoms with Gasteiger partial charge < -0.3 is 4.80 Å². The summed E-state index contributed by atoms with van der Waals surface area (Å²) in [5.74, 6) is 0.575. The van der Waals surface area contributed by atoms with Gasteiger partial charge in [0, 0.05) is 5.88 Å². The third-order valence-electron chi connectivity index (χ3n) is 2.03. The molecule has 72 valence electrons. The summed E-state index contributed by atoms with van der Waals surface area (Å²) in [5.41, 5.74) is 2.45. The molecule has 0 aliphatic carbocycles. The average molecular weight is 215 g/mol. The zero-order chi connectivity index (χ0) is 9.68. The minimum absolute atomic E-state index is 0.575. The van der Waals surface area contributed by atoms with Crippen molar-refractivity contribution >= 4 is 20.6 Å². The Bertz CT molecular complexity index is 246. The molecule has 0 fully saturated rings. The molecule has 0 aliphatic rings. The molecule has 1 unspecified atom stereocenters. The van der Waals surface area contributed by atoms with E-state index in [2.05, 4.69) is 12.1 Å². The minimum Gasteiger partial charge on any atom is -0.435 e. The standard InChI is InChI=1S/C10H15ClOSi/c1-13(12)7-6-9-2-4-10(8-11)5-3-9/h2-5,12-13H,6-8H2,1H3. The highest BCUT2D eigenvalue weighted by molar-refractivity contribution is 6.48. The zero-order valence-corrected chi connectivity index (χ0v) is 9.74. The largest absolute Gasteiger partial charge is 0.435 e. The van der Waals surface area contributed by atoms with Crippen LogP contribution in [0.1, 0.15) is 11.1 Å². The monoisotopic (exact) mass is 214 g/mol. The van der Waals surface area contributed by atoms with Gasteiger partial charge in [-0.15, -0.1) is 11.6 Å². The molecule has 0 saturated carbocycles. The van der Waals surface area contributed by atoms with Crippen molar-refractivity contribution in [3.05, 3.63) is 35.4 Å². The third-order valence-corrected chi connectivity index (χ3v) is 3.46. The van der Waals surface area contributed by atoms with Crippen LogP contribution < -0.4 is 0 Å². The molecule has 1 nitrogen and oxygen atoms in total. The Labute approximate surface area is 86.1 Å². The second-order valence-corrected chi connectivity index (χ2v) is 5.88. The first-order valence-corrected chi connectivity index (χ1v) is 7.56. The van der Waals surface area contributed by atoms with E-state index in [1.54, 1.807) is 0 Å². The fourth-order valence-electron chi connectivity index (χ4n) is 1.17. The van der Waals surface area contributed by atoms with Crippen molar-refractivity contribution in [1.82, 2.24) is 0 Å². The van der Waals surface area contributed by atoms with Gasteiger partial charge in [0.15, 0.2) is 9.04 Å². The Morgan fingerprint density at radius 3 is 2.23 bits per heavy atom. The molecule has 0 aromatic heterocycles. The predicted octanol–water partition coefficient (Wildman–Crippen LogP) is 2.31. The summed E-state index contributed by atoms with van der Waals surface area (Å²) >= 11 is 5.67. The van der Waals surface area contributed by atoms with Crippen molar-refractivity contribution in [2.45, 2.75) is 24.9 Å². The van der Waals surface area contributed by atoms with E-state index in [-0.39, 0.29) is 0 Å². The summed E-state index contributed by atoms with van der Waals surface area (Å²) in [6, 6.07) is 9.24. The first-order chi connectivity index (χ1) is 6.22. The van der Waals surface area contributed by atoms with E-state index in [9.17, 15) is 4.80 Å². The molecule has 0 amide bonds. The third kappa shape index (κ3) is 3.94. The lowest BCUT2D eigenvalue weighted by atomic mass is 10.1. The Morgan fingerprint density at radius 1 is 1.23 bits per heavy atom. The van der Waals surface area contributed by atoms with Gasteiger partial charge in [-0.25, -0.2) is 0 Å². The molecule has 0 bridgehead atoms. The quantitative estimate of drug-likeness (QED) is 0.603. The maximum Gasteiger partial charge on any atom is 0.169 e. The average Bonchev–Trinajstić information content (AvgIpc) is 2.15. The van der Waals surface area contributed by atoms with Gasteiger partial charge in [0.1, 0.15) is 0 Å². The summed E-state index contributed by atoms with van der Waals surface area (Å²) in [6.45, 7) is 1.95. The number of aryl methyl sites for hydroxylation is 1. The van der Waals surface area contributed by atoms with E-state index in [1.807, 2.05) is 18.7 Å². The van der Waals surface area contributed by atoms with Crippen LogP contribution in [0.3, 0.4) is 0 Å². The number of alkyl halides is 1. The first kappa shape index (κ1) is 10.8. The Hall–Kier alpha value is -0.313. The van der Waals surface area contributed by atoms with Crippen LogP contribution in [-0.4, -0.2) is 13.8 Å². The molecule has 3 heteroatoms. The van der Waals surface area contributed by atoms with Crippen molar-refractivity contribution in [3.8, 4) is 0 Å². The normalized spacial score (nSPS) is 12.8. The minimum atomic E-state index is -1.39. The fraction of sp³-hybridized carbons (Fsp3) is 0.400. The highest BCUT2D eigenvalue weighted by Crippen LogP contribution is 2.09. The fourth-order valence-corrected chi connectivity index (χ4v) is 2.10. The lowest BCUT2D eigenvalue weighted by Gasteiger charge is -2.03. The molecular weight excluding hydrogens is 200 g/mol. The van der Waals surface area contributed by atoms with Gasteiger partial charge in [0.2, 0.25) is 0 Å². The van der Waals surface area contributed by atoms with Gasteiger partial charge >= 0.3 is 0 Å². The first-order valence-electron chi connectivity index (χ1n) is 4.54. The van der Waals surface area contributed by atoms with Crippen molar-refractivity contribution < 1.29 is 4.80 Å². The van der Waals surface area contributed by atoms with Crippen LogP contribution >= 0.6 is 11.6 Å². The Kier molecular flexibility index (Phi) is 4.49. The van der Waals surface area contributed by atoms with E-state index in [1.165, 1.54) is 5.56 Å². The lowest BCUT2D eigenvalue weighted by molar-refractivity contribution is 0.575. The van der Waals surface area contributed by atoms with E-state index >= 15 is 0 Å². The Balaban J connectivity index is 2.49. The molecule has 13 heavy (non-hydrogen) atoms. The van der Waals surface area contributed by atoms with Crippen molar-refractivity contribution in [2.75, 3.05) is 0 Å². The lowest BCUT2D eigenvalue weighted by Crippen LogP contribution is -2.05. The van der Waals surface area contributed by atoms with Crippen LogP contribution in [0.2, 0.25) is 12.6 Å². The zero-order valence-electron chi connectivity index (χ0n) is 7.83. The van der Waals surface area contributed by atoms with Gasteiger partial charge in [-0.05, 0) is 30.1 Å². The number of hydrogen-bond donors (Lipinski definition) is 1. The van der Waals surface area contributed by atoms with Crippen molar-refractivity contribution in [3.63, 3.8) is 0 Å². The topological polar surface area (TPSA) is 20.2 Å². The van der Waals surface area contributed by atoms with Crippen LogP contribution in [0.15, 0.2) is 24.3 Å². The molecule has 1 aromatic carbocycles. The molecule has 0 spiro atoms. The number of hydrogen-bond acceptors (Lipinski definition) is 1. The van der Waals surface area contributed by atoms with Crippen LogP contribution in [0, 0.1) is 0 Å². The van der Waals surface area contributed by atoms with E-state index in [0.717, 1.165) is 18.0 Å². The van der Waals surface area contributed by atoms with Gasteiger partial charge in [0.05, 0.1) is 0 Å². The molecule has 1 rings (SSSR count). The summed E-state index contributed by atoms with van der Waals surface area (Å²) in [4.78, 5) is 9.23. The van der Waals surface area contributed by atoms with Gasteiger partial charge in [0.25, 0.3) is 0 Å². The predicted molar refractivity (Wildman–Crippen MR) is 59.7 cm³/mol. The van der Waals surface area contributed by atoms with Gasteiger partial charge in [-0.3, -0.25) is 0 Å². The van der Waals surface area contributed by atoms with E-state index in [4.69, 9.17) is 11.6 Å². The van der Waals surface area contributed by atoms with Gasteiger partial charge in [-0.2, -0.15) is 0 Å². The summed E-state index contributed by atoms with van der Waals surface area (Å²) in [5, 5.41) is 0. The number of rotatable bonds is 4. The maximum atomic E-state index is 9.23. The van der Waals surface area contributed by atoms with Crippen LogP contribution in [0.4, 0.5) is 0 Å². The highest BCUT2D eigenvalue weighted by Gasteiger charge is 1.99. The number of benzene rings is 1.